The summed E-state index contributed by atoms with van der Waals surface area (Å²) in [5, 5.41) is 2.29. The summed E-state index contributed by atoms with van der Waals surface area (Å²) >= 11 is 1.32. The summed E-state index contributed by atoms with van der Waals surface area (Å²) in [6.45, 7) is 5.04. The van der Waals surface area contributed by atoms with Crippen LogP contribution in [-0.4, -0.2) is 49.6 Å². The Hall–Kier alpha value is -2.61. The number of benzene rings is 1. The van der Waals surface area contributed by atoms with Gasteiger partial charge in [-0.25, -0.2) is 9.78 Å². The second-order valence-corrected chi connectivity index (χ2v) is 7.51. The van der Waals surface area contributed by atoms with Crippen molar-refractivity contribution < 1.29 is 23.8 Å². The highest BCUT2D eigenvalue weighted by Gasteiger charge is 2.25. The third kappa shape index (κ3) is 5.22. The summed E-state index contributed by atoms with van der Waals surface area (Å²) in [6, 6.07) is 5.24. The molecule has 152 valence electrons. The maximum absolute atomic E-state index is 13.4. The van der Waals surface area contributed by atoms with Crippen molar-refractivity contribution in [2.24, 2.45) is 5.92 Å². The fourth-order valence-corrected chi connectivity index (χ4v) is 3.41. The molecule has 1 amide bonds. The summed E-state index contributed by atoms with van der Waals surface area (Å²) in [5.74, 6) is 0.636. The van der Waals surface area contributed by atoms with Crippen LogP contribution < -0.4 is 9.47 Å². The molecule has 0 N–H and O–H groups in total. The third-order valence-corrected chi connectivity index (χ3v) is 5.01. The van der Waals surface area contributed by atoms with E-state index < -0.39 is 5.97 Å². The van der Waals surface area contributed by atoms with E-state index in [0.717, 1.165) is 6.42 Å². The zero-order valence-corrected chi connectivity index (χ0v) is 17.7. The lowest BCUT2D eigenvalue weighted by Crippen LogP contribution is -2.32. The van der Waals surface area contributed by atoms with Crippen molar-refractivity contribution in [2.45, 2.75) is 26.8 Å². The Kier molecular flexibility index (Phi) is 7.80. The van der Waals surface area contributed by atoms with Crippen LogP contribution in [0, 0.1) is 5.92 Å². The van der Waals surface area contributed by atoms with Crippen molar-refractivity contribution in [1.29, 1.82) is 0 Å². The summed E-state index contributed by atoms with van der Waals surface area (Å²) in [5.41, 5.74) is 0.620. The number of methoxy groups -OCH3 is 3. The van der Waals surface area contributed by atoms with E-state index >= 15 is 0 Å². The van der Waals surface area contributed by atoms with Crippen molar-refractivity contribution in [2.75, 3.05) is 27.9 Å². The molecule has 2 rings (SSSR count). The van der Waals surface area contributed by atoms with Crippen LogP contribution in [0.4, 0.5) is 0 Å². The summed E-state index contributed by atoms with van der Waals surface area (Å²) in [7, 11) is 4.36. The molecule has 0 aliphatic rings. The van der Waals surface area contributed by atoms with Gasteiger partial charge in [-0.3, -0.25) is 4.79 Å². The molecule has 0 bridgehead atoms. The minimum Gasteiger partial charge on any atom is -0.496 e. The normalized spacial score (nSPS) is 10.6. The molecule has 1 heterocycles. The van der Waals surface area contributed by atoms with Crippen LogP contribution in [0.5, 0.6) is 11.5 Å². The van der Waals surface area contributed by atoms with Crippen molar-refractivity contribution in [3.63, 3.8) is 0 Å². The standard InChI is InChI=1S/C20H26N2O5S/c1-13(2)9-10-22(11-17-21-14(12-28-17)20(24)27-5)19(23)18-15(25-3)7-6-8-16(18)26-4/h6-8,12-13H,9-11H2,1-5H3. The summed E-state index contributed by atoms with van der Waals surface area (Å²) in [6.07, 6.45) is 0.832. The molecule has 0 saturated carbocycles. The molecule has 0 fully saturated rings. The number of nitrogens with zero attached hydrogens (tertiary/aromatic N) is 2. The molecule has 0 aliphatic heterocycles. The maximum atomic E-state index is 13.4. The third-order valence-electron chi connectivity index (χ3n) is 4.18. The maximum Gasteiger partial charge on any atom is 0.357 e. The van der Waals surface area contributed by atoms with Crippen molar-refractivity contribution in [3.8, 4) is 11.5 Å². The zero-order valence-electron chi connectivity index (χ0n) is 16.9. The first-order chi connectivity index (χ1) is 13.4. The number of carbonyl (C=O) groups is 2. The summed E-state index contributed by atoms with van der Waals surface area (Å²) in [4.78, 5) is 31.0. The number of amides is 1. The number of thiazole rings is 1. The average molecular weight is 407 g/mol. The molecule has 1 aromatic carbocycles. The predicted octanol–water partition coefficient (Wildman–Crippen LogP) is 3.64. The largest absolute Gasteiger partial charge is 0.496 e. The van der Waals surface area contributed by atoms with Gasteiger partial charge in [0, 0.05) is 11.9 Å². The van der Waals surface area contributed by atoms with Crippen LogP contribution in [-0.2, 0) is 11.3 Å². The monoisotopic (exact) mass is 406 g/mol. The highest BCUT2D eigenvalue weighted by atomic mass is 32.1. The highest BCUT2D eigenvalue weighted by molar-refractivity contribution is 7.09. The Morgan fingerprint density at radius 1 is 1.14 bits per heavy atom. The molecule has 0 spiro atoms. The van der Waals surface area contributed by atoms with E-state index in [9.17, 15) is 9.59 Å². The molecular formula is C20H26N2O5S. The quantitative estimate of drug-likeness (QED) is 0.592. The fourth-order valence-electron chi connectivity index (χ4n) is 2.63. The van der Waals surface area contributed by atoms with Crippen LogP contribution in [0.1, 0.15) is 46.1 Å². The smallest absolute Gasteiger partial charge is 0.357 e. The second-order valence-electron chi connectivity index (χ2n) is 6.56. The van der Waals surface area contributed by atoms with Gasteiger partial charge < -0.3 is 19.1 Å². The van der Waals surface area contributed by atoms with Crippen LogP contribution in [0.3, 0.4) is 0 Å². The van der Waals surface area contributed by atoms with E-state index in [2.05, 4.69) is 18.8 Å². The number of carbonyl (C=O) groups excluding carboxylic acids is 2. The number of esters is 1. The Bertz CT molecular complexity index is 796. The minimum atomic E-state index is -0.492. The van der Waals surface area contributed by atoms with Crippen LogP contribution in [0.2, 0.25) is 0 Å². The van der Waals surface area contributed by atoms with Gasteiger partial charge in [-0.15, -0.1) is 11.3 Å². The minimum absolute atomic E-state index is 0.204. The first-order valence-corrected chi connectivity index (χ1v) is 9.82. The summed E-state index contributed by atoms with van der Waals surface area (Å²) < 4.78 is 15.5. The molecule has 0 radical (unpaired) electrons. The van der Waals surface area contributed by atoms with Gasteiger partial charge in [0.05, 0.1) is 27.9 Å². The van der Waals surface area contributed by atoms with Gasteiger partial charge in [0.25, 0.3) is 5.91 Å². The van der Waals surface area contributed by atoms with E-state index in [1.165, 1.54) is 32.7 Å². The van der Waals surface area contributed by atoms with Crippen molar-refractivity contribution in [1.82, 2.24) is 9.88 Å². The van der Waals surface area contributed by atoms with E-state index in [1.54, 1.807) is 28.5 Å². The van der Waals surface area contributed by atoms with Gasteiger partial charge in [-0.1, -0.05) is 19.9 Å². The van der Waals surface area contributed by atoms with Crippen LogP contribution in [0.15, 0.2) is 23.6 Å². The molecular weight excluding hydrogens is 380 g/mol. The lowest BCUT2D eigenvalue weighted by Gasteiger charge is -2.24. The van der Waals surface area contributed by atoms with Gasteiger partial charge in [0.1, 0.15) is 22.1 Å². The van der Waals surface area contributed by atoms with Gasteiger partial charge in [-0.2, -0.15) is 0 Å². The molecule has 8 heteroatoms. The van der Waals surface area contributed by atoms with Crippen molar-refractivity contribution >= 4 is 23.2 Å². The van der Waals surface area contributed by atoms with Gasteiger partial charge in [0.15, 0.2) is 5.69 Å². The van der Waals surface area contributed by atoms with Crippen LogP contribution >= 0.6 is 11.3 Å². The topological polar surface area (TPSA) is 78.0 Å². The lowest BCUT2D eigenvalue weighted by molar-refractivity contribution is 0.0594. The predicted molar refractivity (Wildman–Crippen MR) is 107 cm³/mol. The number of hydrogen-bond donors (Lipinski definition) is 0. The van der Waals surface area contributed by atoms with Gasteiger partial charge in [0.2, 0.25) is 0 Å². The van der Waals surface area contributed by atoms with Crippen LogP contribution in [0.25, 0.3) is 0 Å². The molecule has 7 nitrogen and oxygen atoms in total. The number of hydrogen-bond acceptors (Lipinski definition) is 7. The van der Waals surface area contributed by atoms with Gasteiger partial charge in [-0.05, 0) is 24.5 Å². The average Bonchev–Trinajstić information content (AvgIpc) is 3.17. The van der Waals surface area contributed by atoms with Crippen molar-refractivity contribution in [3.05, 3.63) is 39.8 Å². The zero-order chi connectivity index (χ0) is 20.7. The molecule has 0 saturated heterocycles. The highest BCUT2D eigenvalue weighted by Crippen LogP contribution is 2.30. The Labute approximate surface area is 169 Å². The molecule has 28 heavy (non-hydrogen) atoms. The number of rotatable bonds is 9. The molecule has 0 unspecified atom stereocenters. The number of ether oxygens (including phenoxy) is 3. The SMILES string of the molecule is COC(=O)c1csc(CN(CCC(C)C)C(=O)c2c(OC)cccc2OC)n1. The van der Waals surface area contributed by atoms with E-state index in [4.69, 9.17) is 14.2 Å². The Morgan fingerprint density at radius 2 is 1.79 bits per heavy atom. The van der Waals surface area contributed by atoms with Gasteiger partial charge >= 0.3 is 5.97 Å². The first-order valence-electron chi connectivity index (χ1n) is 8.94. The molecule has 0 aliphatic carbocycles. The molecule has 1 aromatic heterocycles. The Balaban J connectivity index is 2.34. The van der Waals surface area contributed by atoms with E-state index in [1.807, 2.05) is 0 Å². The second kappa shape index (κ2) is 10.1. The van der Waals surface area contributed by atoms with E-state index in [-0.39, 0.29) is 18.1 Å². The molecule has 0 atom stereocenters. The Morgan fingerprint density at radius 3 is 2.32 bits per heavy atom. The van der Waals surface area contributed by atoms with E-state index in [0.29, 0.717) is 34.5 Å². The molecule has 2 aromatic rings. The fraction of sp³-hybridized carbons (Fsp3) is 0.450. The number of aromatic nitrogens is 1. The lowest BCUT2D eigenvalue weighted by atomic mass is 10.1. The first kappa shape index (κ1) is 21.7.